The Labute approximate surface area is 133 Å². The zero-order chi connectivity index (χ0) is 16.4. The Kier molecular flexibility index (Phi) is 3.83. The molecule has 1 aromatic heterocycles. The van der Waals surface area contributed by atoms with Crippen LogP contribution in [-0.2, 0) is 10.3 Å². The summed E-state index contributed by atoms with van der Waals surface area (Å²) >= 11 is 0. The maximum absolute atomic E-state index is 10.8. The van der Waals surface area contributed by atoms with Gasteiger partial charge in [-0.25, -0.2) is 4.98 Å². The molecule has 0 bridgehead atoms. The zero-order valence-corrected chi connectivity index (χ0v) is 12.7. The van der Waals surface area contributed by atoms with Gasteiger partial charge in [-0.1, -0.05) is 30.3 Å². The van der Waals surface area contributed by atoms with Gasteiger partial charge in [-0.3, -0.25) is 10.1 Å². The molecule has 1 unspecified atom stereocenters. The SMILES string of the molecule is CC1(c2ccccc2)CN(c2ncc([N+](=O)[O-])c(N)n2)CCO1. The minimum absolute atomic E-state index is 0.132. The highest BCUT2D eigenvalue weighted by molar-refractivity contribution is 5.54. The van der Waals surface area contributed by atoms with Gasteiger partial charge in [0.05, 0.1) is 18.1 Å². The van der Waals surface area contributed by atoms with Crippen molar-refractivity contribution in [2.45, 2.75) is 12.5 Å². The second-order valence-electron chi connectivity index (χ2n) is 5.56. The molecule has 1 saturated heterocycles. The van der Waals surface area contributed by atoms with Gasteiger partial charge in [0, 0.05) is 6.54 Å². The summed E-state index contributed by atoms with van der Waals surface area (Å²) in [5.41, 5.74) is 5.93. The number of morpholine rings is 1. The van der Waals surface area contributed by atoms with Gasteiger partial charge in [-0.15, -0.1) is 0 Å². The number of ether oxygens (including phenoxy) is 1. The monoisotopic (exact) mass is 315 g/mol. The molecule has 0 radical (unpaired) electrons. The van der Waals surface area contributed by atoms with Crippen LogP contribution in [0.25, 0.3) is 0 Å². The smallest absolute Gasteiger partial charge is 0.329 e. The van der Waals surface area contributed by atoms with Crippen molar-refractivity contribution in [3.63, 3.8) is 0 Å². The van der Waals surface area contributed by atoms with Crippen LogP contribution >= 0.6 is 0 Å². The molecule has 1 aliphatic rings. The second-order valence-corrected chi connectivity index (χ2v) is 5.56. The fourth-order valence-electron chi connectivity index (χ4n) is 2.68. The molecule has 0 amide bonds. The first kappa shape index (κ1) is 15.2. The molecule has 8 heteroatoms. The van der Waals surface area contributed by atoms with Crippen molar-refractivity contribution in [1.29, 1.82) is 0 Å². The maximum Gasteiger partial charge on any atom is 0.329 e. The summed E-state index contributed by atoms with van der Waals surface area (Å²) in [6.45, 7) is 3.64. The largest absolute Gasteiger partial charge is 0.378 e. The normalized spacial score (nSPS) is 21.2. The van der Waals surface area contributed by atoms with Crippen LogP contribution in [0.5, 0.6) is 0 Å². The van der Waals surface area contributed by atoms with E-state index in [9.17, 15) is 10.1 Å². The van der Waals surface area contributed by atoms with Gasteiger partial charge < -0.3 is 15.4 Å². The van der Waals surface area contributed by atoms with Gasteiger partial charge in [-0.2, -0.15) is 4.98 Å². The lowest BCUT2D eigenvalue weighted by Crippen LogP contribution is -2.49. The molecular formula is C15H17N5O3. The lowest BCUT2D eigenvalue weighted by molar-refractivity contribution is -0.384. The number of nitrogens with two attached hydrogens (primary N) is 1. The average Bonchev–Trinajstić information content (AvgIpc) is 2.55. The Hall–Kier alpha value is -2.74. The molecule has 1 fully saturated rings. The first-order chi connectivity index (χ1) is 11.0. The molecule has 0 saturated carbocycles. The third-order valence-electron chi connectivity index (χ3n) is 3.92. The van der Waals surface area contributed by atoms with E-state index in [1.807, 2.05) is 42.2 Å². The van der Waals surface area contributed by atoms with E-state index in [1.165, 1.54) is 0 Å². The van der Waals surface area contributed by atoms with Crippen LogP contribution in [-0.4, -0.2) is 34.6 Å². The van der Waals surface area contributed by atoms with Crippen molar-refractivity contribution in [3.05, 3.63) is 52.2 Å². The molecule has 1 aromatic carbocycles. The minimum atomic E-state index is -0.591. The lowest BCUT2D eigenvalue weighted by Gasteiger charge is -2.40. The van der Waals surface area contributed by atoms with E-state index in [-0.39, 0.29) is 11.5 Å². The van der Waals surface area contributed by atoms with E-state index >= 15 is 0 Å². The molecule has 120 valence electrons. The van der Waals surface area contributed by atoms with E-state index in [0.717, 1.165) is 11.8 Å². The maximum atomic E-state index is 10.8. The number of aromatic nitrogens is 2. The lowest BCUT2D eigenvalue weighted by atomic mass is 9.94. The van der Waals surface area contributed by atoms with Crippen LogP contribution in [0.2, 0.25) is 0 Å². The van der Waals surface area contributed by atoms with Crippen LogP contribution in [0.4, 0.5) is 17.5 Å². The van der Waals surface area contributed by atoms with E-state index in [0.29, 0.717) is 25.6 Å². The van der Waals surface area contributed by atoms with Crippen molar-refractivity contribution >= 4 is 17.5 Å². The fourth-order valence-corrected chi connectivity index (χ4v) is 2.68. The standard InChI is InChI=1S/C15H17N5O3/c1-15(11-5-3-2-4-6-11)10-19(7-8-23-15)14-17-9-12(20(21)22)13(16)18-14/h2-6,9H,7-8,10H2,1H3,(H2,16,17,18). The summed E-state index contributed by atoms with van der Waals surface area (Å²) in [6.07, 6.45) is 1.15. The van der Waals surface area contributed by atoms with Crippen molar-refractivity contribution < 1.29 is 9.66 Å². The molecule has 2 N–H and O–H groups in total. The minimum Gasteiger partial charge on any atom is -0.378 e. The molecule has 0 aliphatic carbocycles. The number of hydrogen-bond donors (Lipinski definition) is 1. The molecule has 0 spiro atoms. The first-order valence-electron chi connectivity index (χ1n) is 7.21. The number of nitrogens with zero attached hydrogens (tertiary/aromatic N) is 4. The predicted octanol–water partition coefficient (Wildman–Crippen LogP) is 1.72. The zero-order valence-electron chi connectivity index (χ0n) is 12.7. The van der Waals surface area contributed by atoms with Crippen LogP contribution in [0.15, 0.2) is 36.5 Å². The summed E-state index contributed by atoms with van der Waals surface area (Å²) in [5.74, 6) is 0.242. The van der Waals surface area contributed by atoms with E-state index in [2.05, 4.69) is 9.97 Å². The topological polar surface area (TPSA) is 107 Å². The summed E-state index contributed by atoms with van der Waals surface area (Å²) in [4.78, 5) is 20.3. The number of nitro groups is 1. The van der Waals surface area contributed by atoms with Crippen molar-refractivity contribution in [3.8, 4) is 0 Å². The van der Waals surface area contributed by atoms with Crippen LogP contribution < -0.4 is 10.6 Å². The fraction of sp³-hybridized carbons (Fsp3) is 0.333. The van der Waals surface area contributed by atoms with Gasteiger partial charge in [0.25, 0.3) is 0 Å². The van der Waals surface area contributed by atoms with E-state index in [4.69, 9.17) is 10.5 Å². The van der Waals surface area contributed by atoms with Gasteiger partial charge in [0.2, 0.25) is 11.8 Å². The van der Waals surface area contributed by atoms with Gasteiger partial charge in [-0.05, 0) is 12.5 Å². The number of benzene rings is 1. The van der Waals surface area contributed by atoms with E-state index in [1.54, 1.807) is 0 Å². The second kappa shape index (κ2) is 5.81. The number of nitrogen functional groups attached to an aromatic ring is 1. The quantitative estimate of drug-likeness (QED) is 0.678. The Morgan fingerprint density at radius 2 is 2.13 bits per heavy atom. The third-order valence-corrected chi connectivity index (χ3v) is 3.92. The molecule has 8 nitrogen and oxygen atoms in total. The summed E-state index contributed by atoms with van der Waals surface area (Å²) < 4.78 is 5.96. The average molecular weight is 315 g/mol. The summed E-state index contributed by atoms with van der Waals surface area (Å²) in [6, 6.07) is 9.89. The van der Waals surface area contributed by atoms with Crippen LogP contribution in [0.3, 0.4) is 0 Å². The van der Waals surface area contributed by atoms with Crippen LogP contribution in [0.1, 0.15) is 12.5 Å². The van der Waals surface area contributed by atoms with Crippen molar-refractivity contribution in [2.75, 3.05) is 30.3 Å². The van der Waals surface area contributed by atoms with Crippen LogP contribution in [0, 0.1) is 10.1 Å². The van der Waals surface area contributed by atoms with Crippen molar-refractivity contribution in [1.82, 2.24) is 9.97 Å². The summed E-state index contributed by atoms with van der Waals surface area (Å²) in [5, 5.41) is 10.8. The Balaban J connectivity index is 1.87. The predicted molar refractivity (Wildman–Crippen MR) is 85.1 cm³/mol. The van der Waals surface area contributed by atoms with Crippen molar-refractivity contribution in [2.24, 2.45) is 0 Å². The highest BCUT2D eigenvalue weighted by atomic mass is 16.6. The molecule has 3 rings (SSSR count). The van der Waals surface area contributed by atoms with E-state index < -0.39 is 10.5 Å². The molecule has 2 aromatic rings. The highest BCUT2D eigenvalue weighted by Gasteiger charge is 2.35. The Bertz CT molecular complexity index is 724. The first-order valence-corrected chi connectivity index (χ1v) is 7.21. The highest BCUT2D eigenvalue weighted by Crippen LogP contribution is 2.31. The Morgan fingerprint density at radius 3 is 2.78 bits per heavy atom. The summed E-state index contributed by atoms with van der Waals surface area (Å²) in [7, 11) is 0. The molecule has 1 aliphatic heterocycles. The van der Waals surface area contributed by atoms with Gasteiger partial charge in [0.1, 0.15) is 11.8 Å². The molecule has 23 heavy (non-hydrogen) atoms. The third kappa shape index (κ3) is 2.93. The molecular weight excluding hydrogens is 298 g/mol. The van der Waals surface area contributed by atoms with Gasteiger partial charge >= 0.3 is 5.69 Å². The number of anilines is 2. The van der Waals surface area contributed by atoms with Gasteiger partial charge in [0.15, 0.2) is 0 Å². The molecule has 1 atom stereocenters. The number of hydrogen-bond acceptors (Lipinski definition) is 7. The molecule has 2 heterocycles. The Morgan fingerprint density at radius 1 is 1.39 bits per heavy atom. The number of rotatable bonds is 3.